The smallest absolute Gasteiger partial charge is 0.201 e. The summed E-state index contributed by atoms with van der Waals surface area (Å²) < 4.78 is 57.0. The van der Waals surface area contributed by atoms with Crippen LogP contribution in [0.25, 0.3) is 112 Å². The van der Waals surface area contributed by atoms with Gasteiger partial charge in [-0.05, 0) is 197 Å². The molecule has 0 unspecified atom stereocenters. The van der Waals surface area contributed by atoms with Crippen LogP contribution in [0.2, 0.25) is 0 Å². The Morgan fingerprint density at radius 2 is 0.458 bits per heavy atom. The zero-order valence-corrected chi connectivity index (χ0v) is 64.8. The number of hydrogen-bond acceptors (Lipinski definition) is 0. The SMILES string of the molecule is Cc1c[n+](C)c(-c2ccccc2C)cc1-c1ccccc1.Cc1ccc(-c2cc(-c3ccccc3)c(C)c[n+]2C)c(C)c1.Cc1ccc(-c2cc(-c3ccccc3)cc[n+]2C)c(C)c1.[2H]C([2H])([2H])c1c[n+](C)c(-c2ccc(C)cc2C)cc1-c1ccccc1.[2H]C([2H])([2H])c1ccc(-c2cc(-c3ccccc3)cc[n+]2C)c(C)c1. The molecule has 5 heterocycles. The molecule has 0 amide bonds. The van der Waals surface area contributed by atoms with E-state index in [1.807, 2.05) is 92.4 Å². The molecule has 0 saturated carbocycles. The van der Waals surface area contributed by atoms with E-state index < -0.39 is 13.7 Å². The number of rotatable bonds is 10. The molecular weight excluding hydrogens is 1300 g/mol. The van der Waals surface area contributed by atoms with Crippen LogP contribution in [0.5, 0.6) is 0 Å². The number of aromatic nitrogens is 5. The molecule has 0 saturated heterocycles. The van der Waals surface area contributed by atoms with Crippen LogP contribution >= 0.6 is 0 Å². The van der Waals surface area contributed by atoms with E-state index in [4.69, 9.17) is 8.22 Å². The fourth-order valence-corrected chi connectivity index (χ4v) is 14.1. The quantitative estimate of drug-likeness (QED) is 0.122. The Kier molecular flexibility index (Phi) is 22.4. The first-order valence-electron chi connectivity index (χ1n) is 39.7. The van der Waals surface area contributed by atoms with Crippen molar-refractivity contribution in [3.63, 3.8) is 0 Å². The molecule has 15 rings (SSSR count). The molecular formula is C102H104N5+5. The molecule has 107 heavy (non-hydrogen) atoms. The monoisotopic (exact) mass is 1400 g/mol. The van der Waals surface area contributed by atoms with E-state index in [0.29, 0.717) is 11.1 Å². The molecule has 0 atom stereocenters. The van der Waals surface area contributed by atoms with Gasteiger partial charge in [-0.15, -0.1) is 0 Å². The van der Waals surface area contributed by atoms with Crippen molar-refractivity contribution in [3.8, 4) is 112 Å². The fraction of sp³-hybridized carbons (Fsp3) is 0.167. The summed E-state index contributed by atoms with van der Waals surface area (Å²) in [5, 5.41) is 0. The Morgan fingerprint density at radius 1 is 0.187 bits per heavy atom. The second-order valence-electron chi connectivity index (χ2n) is 28.3. The van der Waals surface area contributed by atoms with Gasteiger partial charge < -0.3 is 0 Å². The van der Waals surface area contributed by atoms with Crippen LogP contribution in [0.3, 0.4) is 0 Å². The first kappa shape index (κ1) is 68.1. The lowest BCUT2D eigenvalue weighted by Crippen LogP contribution is -2.31. The van der Waals surface area contributed by atoms with E-state index >= 15 is 0 Å². The molecule has 0 aliphatic heterocycles. The van der Waals surface area contributed by atoms with Gasteiger partial charge in [0.2, 0.25) is 28.5 Å². The van der Waals surface area contributed by atoms with E-state index in [1.54, 1.807) is 18.3 Å². The maximum absolute atomic E-state index is 7.93. The second kappa shape index (κ2) is 35.2. The van der Waals surface area contributed by atoms with E-state index in [1.165, 1.54) is 117 Å². The predicted molar refractivity (Wildman–Crippen MR) is 449 cm³/mol. The van der Waals surface area contributed by atoms with Gasteiger partial charge in [0.05, 0.1) is 0 Å². The third-order valence-corrected chi connectivity index (χ3v) is 19.9. The lowest BCUT2D eigenvalue weighted by atomic mass is 9.97. The van der Waals surface area contributed by atoms with E-state index in [0.717, 1.165) is 50.3 Å². The van der Waals surface area contributed by atoms with Crippen molar-refractivity contribution in [1.29, 1.82) is 0 Å². The van der Waals surface area contributed by atoms with Gasteiger partial charge in [-0.2, -0.15) is 0 Å². The van der Waals surface area contributed by atoms with Gasteiger partial charge in [-0.1, -0.05) is 241 Å². The van der Waals surface area contributed by atoms with Crippen molar-refractivity contribution in [2.75, 3.05) is 0 Å². The van der Waals surface area contributed by atoms with E-state index in [9.17, 15) is 0 Å². The Bertz CT molecular complexity index is 5820. The summed E-state index contributed by atoms with van der Waals surface area (Å²) in [4.78, 5) is 0. The van der Waals surface area contributed by atoms with Crippen LogP contribution in [0.1, 0.15) is 75.0 Å². The largest absolute Gasteiger partial charge is 0.213 e. The Morgan fingerprint density at radius 3 is 0.776 bits per heavy atom. The minimum Gasteiger partial charge on any atom is -0.201 e. The molecule has 0 N–H and O–H groups in total. The molecule has 532 valence electrons. The molecule has 15 aromatic rings. The van der Waals surface area contributed by atoms with Gasteiger partial charge in [0.15, 0.2) is 31.0 Å². The number of aryl methyl sites for hydroxylation is 17. The summed E-state index contributed by atoms with van der Waals surface area (Å²) in [6.07, 6.45) is 10.3. The molecule has 10 aromatic carbocycles. The molecule has 5 aromatic heterocycles. The highest BCUT2D eigenvalue weighted by atomic mass is 14.9. The molecule has 5 heteroatoms. The minimum atomic E-state index is -2.16. The van der Waals surface area contributed by atoms with Crippen molar-refractivity contribution in [3.05, 3.63) is 389 Å². The number of benzene rings is 10. The third kappa shape index (κ3) is 18.9. The van der Waals surface area contributed by atoms with E-state index in [-0.39, 0.29) is 0 Å². The Balaban J connectivity index is 0.000000140. The van der Waals surface area contributed by atoms with Crippen molar-refractivity contribution < 1.29 is 31.1 Å². The van der Waals surface area contributed by atoms with Gasteiger partial charge in [0, 0.05) is 95.2 Å². The van der Waals surface area contributed by atoms with Crippen LogP contribution in [0.4, 0.5) is 0 Å². The molecule has 0 aliphatic rings. The average molecular weight is 1410 g/mol. The van der Waals surface area contributed by atoms with Crippen LogP contribution in [0.15, 0.2) is 322 Å². The highest BCUT2D eigenvalue weighted by Crippen LogP contribution is 2.34. The summed E-state index contributed by atoms with van der Waals surface area (Å²) in [5.74, 6) is 0. The summed E-state index contributed by atoms with van der Waals surface area (Å²) >= 11 is 0. The summed E-state index contributed by atoms with van der Waals surface area (Å²) in [6.45, 7) is 17.0. The van der Waals surface area contributed by atoms with Crippen molar-refractivity contribution >= 4 is 0 Å². The summed E-state index contributed by atoms with van der Waals surface area (Å²) in [6, 6.07) is 100. The topological polar surface area (TPSA) is 19.4 Å². The highest BCUT2D eigenvalue weighted by molar-refractivity contribution is 5.77. The summed E-state index contributed by atoms with van der Waals surface area (Å²) in [5.41, 5.74) is 36.7. The second-order valence-corrected chi connectivity index (χ2v) is 28.3. The van der Waals surface area contributed by atoms with Crippen LogP contribution < -0.4 is 22.8 Å². The molecule has 5 nitrogen and oxygen atoms in total. The lowest BCUT2D eigenvalue weighted by Gasteiger charge is -2.10. The van der Waals surface area contributed by atoms with E-state index in [2.05, 4.69) is 339 Å². The first-order valence-corrected chi connectivity index (χ1v) is 36.7. The number of nitrogens with zero attached hydrogens (tertiary/aromatic N) is 5. The molecule has 0 spiro atoms. The lowest BCUT2D eigenvalue weighted by molar-refractivity contribution is -0.660. The van der Waals surface area contributed by atoms with Crippen molar-refractivity contribution in [2.24, 2.45) is 35.2 Å². The standard InChI is InChI=1S/2C21H22N.3C20H20N/c2*1-15-10-11-19(16(2)12-15)21-13-20(17(3)14-22(21)4)18-8-6-5-7-9-18;1-15-9-7-8-12-18(15)20-13-19(16(2)14-21(20)3)17-10-5-4-6-11-17;2*1-15-9-10-19(16(2)13-15)20-14-18(11-12-21(20)3)17-7-5-4-6-8-17/h2*5-14H,1-4H3;3*4-14H,1-3H3/q5*+1/i3D3;;;1D3;. The Hall–Kier alpha value is -12.1. The first-order chi connectivity index (χ1) is 54.0. The average Bonchev–Trinajstić information content (AvgIpc) is 0.779. The van der Waals surface area contributed by atoms with Crippen molar-refractivity contribution in [1.82, 2.24) is 0 Å². The molecule has 0 aliphatic carbocycles. The maximum Gasteiger partial charge on any atom is 0.213 e. The van der Waals surface area contributed by atoms with Gasteiger partial charge >= 0.3 is 0 Å². The molecule has 0 radical (unpaired) electrons. The van der Waals surface area contributed by atoms with Crippen LogP contribution in [-0.2, 0) is 35.2 Å². The van der Waals surface area contributed by atoms with Gasteiger partial charge in [-0.25, -0.2) is 22.8 Å². The van der Waals surface area contributed by atoms with Crippen LogP contribution in [0, 0.1) is 82.9 Å². The zero-order chi connectivity index (χ0) is 80.8. The minimum absolute atomic E-state index is 0.370. The van der Waals surface area contributed by atoms with Gasteiger partial charge in [0.25, 0.3) is 0 Å². The molecule has 0 bridgehead atoms. The predicted octanol–water partition coefficient (Wildman–Crippen LogP) is 22.9. The van der Waals surface area contributed by atoms with Crippen molar-refractivity contribution in [2.45, 2.75) is 82.9 Å². The summed E-state index contributed by atoms with van der Waals surface area (Å²) in [7, 11) is 10.2. The van der Waals surface area contributed by atoms with Gasteiger partial charge in [-0.3, -0.25) is 0 Å². The normalized spacial score (nSPS) is 11.7. The number of hydrogen-bond donors (Lipinski definition) is 0. The highest BCUT2D eigenvalue weighted by Gasteiger charge is 2.22. The fourth-order valence-electron chi connectivity index (χ4n) is 14.1. The van der Waals surface area contributed by atoms with Crippen LogP contribution in [-0.4, -0.2) is 0 Å². The van der Waals surface area contributed by atoms with Gasteiger partial charge in [0.1, 0.15) is 35.2 Å². The third-order valence-electron chi connectivity index (χ3n) is 19.9. The zero-order valence-electron chi connectivity index (χ0n) is 70.8. The maximum atomic E-state index is 7.93. The Labute approximate surface area is 646 Å². The number of pyridine rings is 5. The molecule has 0 fully saturated rings.